The monoisotopic (exact) mass is 222 g/mol. The number of aromatic nitrogens is 1. The van der Waals surface area contributed by atoms with Gasteiger partial charge in [0, 0.05) is 11.6 Å². The summed E-state index contributed by atoms with van der Waals surface area (Å²) in [5, 5.41) is 0.466. The fourth-order valence-electron chi connectivity index (χ4n) is 1.30. The molecular formula is C11H8ClFN2. The molecule has 1 heterocycles. The number of rotatable bonds is 1. The Hall–Kier alpha value is -1.61. The van der Waals surface area contributed by atoms with Crippen LogP contribution in [-0.4, -0.2) is 4.98 Å². The SMILES string of the molecule is Nc1cnc(-c2ccccc2Cl)c(F)c1. The second kappa shape index (κ2) is 3.87. The molecule has 0 atom stereocenters. The van der Waals surface area contributed by atoms with Gasteiger partial charge in [-0.3, -0.25) is 4.98 Å². The highest BCUT2D eigenvalue weighted by Crippen LogP contribution is 2.28. The highest BCUT2D eigenvalue weighted by molar-refractivity contribution is 6.33. The molecule has 4 heteroatoms. The molecule has 2 nitrogen and oxygen atoms in total. The van der Waals surface area contributed by atoms with Gasteiger partial charge in [-0.1, -0.05) is 29.8 Å². The van der Waals surface area contributed by atoms with Crippen molar-refractivity contribution in [1.29, 1.82) is 0 Å². The summed E-state index contributed by atoms with van der Waals surface area (Å²) >= 11 is 5.93. The topological polar surface area (TPSA) is 38.9 Å². The third-order valence-electron chi connectivity index (χ3n) is 1.99. The summed E-state index contributed by atoms with van der Waals surface area (Å²) in [6.07, 6.45) is 1.40. The first kappa shape index (κ1) is 9.93. The number of nitrogens with zero attached hydrogens (tertiary/aromatic N) is 1. The normalized spacial score (nSPS) is 10.3. The van der Waals surface area contributed by atoms with Gasteiger partial charge in [0.15, 0.2) is 5.82 Å². The standard InChI is InChI=1S/C11H8ClFN2/c12-9-4-2-1-3-8(9)11-10(13)5-7(14)6-15-11/h1-6H,14H2. The minimum Gasteiger partial charge on any atom is -0.397 e. The first-order valence-electron chi connectivity index (χ1n) is 4.34. The van der Waals surface area contributed by atoms with E-state index in [-0.39, 0.29) is 5.69 Å². The Balaban J connectivity index is 2.60. The van der Waals surface area contributed by atoms with Gasteiger partial charge in [0.2, 0.25) is 0 Å². The molecular weight excluding hydrogens is 215 g/mol. The van der Waals surface area contributed by atoms with E-state index >= 15 is 0 Å². The molecule has 15 heavy (non-hydrogen) atoms. The molecule has 2 rings (SSSR count). The maximum atomic E-state index is 13.5. The van der Waals surface area contributed by atoms with Crippen molar-refractivity contribution in [3.05, 3.63) is 47.4 Å². The Morgan fingerprint density at radius 2 is 2.00 bits per heavy atom. The zero-order valence-electron chi connectivity index (χ0n) is 7.74. The van der Waals surface area contributed by atoms with Crippen LogP contribution in [-0.2, 0) is 0 Å². The predicted molar refractivity (Wildman–Crippen MR) is 59.1 cm³/mol. The van der Waals surface area contributed by atoms with Crippen LogP contribution in [0.25, 0.3) is 11.3 Å². The number of hydrogen-bond acceptors (Lipinski definition) is 2. The molecule has 0 aliphatic heterocycles. The molecule has 0 radical (unpaired) electrons. The minimum atomic E-state index is -0.469. The van der Waals surface area contributed by atoms with E-state index in [1.165, 1.54) is 12.3 Å². The molecule has 1 aromatic carbocycles. The van der Waals surface area contributed by atoms with Crippen LogP contribution in [0.3, 0.4) is 0 Å². The van der Waals surface area contributed by atoms with E-state index < -0.39 is 5.82 Å². The molecule has 0 fully saturated rings. The Labute approximate surface area is 91.5 Å². The van der Waals surface area contributed by atoms with Crippen molar-refractivity contribution >= 4 is 17.3 Å². The second-order valence-corrected chi connectivity index (χ2v) is 3.49. The molecule has 0 amide bonds. The summed E-state index contributed by atoms with van der Waals surface area (Å²) in [6.45, 7) is 0. The third kappa shape index (κ3) is 1.92. The van der Waals surface area contributed by atoms with Crippen molar-refractivity contribution in [3.8, 4) is 11.3 Å². The molecule has 2 aromatic rings. The van der Waals surface area contributed by atoms with Crippen molar-refractivity contribution in [2.45, 2.75) is 0 Å². The van der Waals surface area contributed by atoms with Gasteiger partial charge in [-0.2, -0.15) is 0 Å². The fraction of sp³-hybridized carbons (Fsp3) is 0. The molecule has 76 valence electrons. The highest BCUT2D eigenvalue weighted by atomic mass is 35.5. The Kier molecular flexibility index (Phi) is 2.56. The van der Waals surface area contributed by atoms with Gasteiger partial charge >= 0.3 is 0 Å². The van der Waals surface area contributed by atoms with Crippen LogP contribution in [0, 0.1) is 5.82 Å². The van der Waals surface area contributed by atoms with E-state index in [1.807, 2.05) is 0 Å². The summed E-state index contributed by atoms with van der Waals surface area (Å²) in [5.41, 5.74) is 6.49. The van der Waals surface area contributed by atoms with Gasteiger partial charge in [0.1, 0.15) is 5.69 Å². The smallest absolute Gasteiger partial charge is 0.151 e. The van der Waals surface area contributed by atoms with Gasteiger partial charge in [-0.05, 0) is 6.07 Å². The number of halogens is 2. The van der Waals surface area contributed by atoms with E-state index in [4.69, 9.17) is 17.3 Å². The van der Waals surface area contributed by atoms with Crippen LogP contribution in [0.2, 0.25) is 5.02 Å². The number of benzene rings is 1. The molecule has 2 N–H and O–H groups in total. The molecule has 1 aromatic heterocycles. The molecule has 0 unspecified atom stereocenters. The first-order chi connectivity index (χ1) is 7.18. The van der Waals surface area contributed by atoms with Gasteiger partial charge < -0.3 is 5.73 Å². The third-order valence-corrected chi connectivity index (χ3v) is 2.32. The molecule has 0 aliphatic rings. The largest absolute Gasteiger partial charge is 0.397 e. The van der Waals surface area contributed by atoms with Gasteiger partial charge in [0.05, 0.1) is 16.9 Å². The lowest BCUT2D eigenvalue weighted by Crippen LogP contribution is -1.93. The van der Waals surface area contributed by atoms with Crippen molar-refractivity contribution in [2.75, 3.05) is 5.73 Å². The molecule has 0 saturated heterocycles. The number of nitrogens with two attached hydrogens (primary N) is 1. The van der Waals surface area contributed by atoms with E-state index in [2.05, 4.69) is 4.98 Å². The Morgan fingerprint density at radius 3 is 2.67 bits per heavy atom. The maximum absolute atomic E-state index is 13.5. The summed E-state index contributed by atoms with van der Waals surface area (Å²) in [4.78, 5) is 3.92. The number of anilines is 1. The highest BCUT2D eigenvalue weighted by Gasteiger charge is 2.09. The summed E-state index contributed by atoms with van der Waals surface area (Å²) < 4.78 is 13.5. The summed E-state index contributed by atoms with van der Waals surface area (Å²) in [6, 6.07) is 8.18. The van der Waals surface area contributed by atoms with Crippen LogP contribution < -0.4 is 5.73 Å². The quantitative estimate of drug-likeness (QED) is 0.805. The first-order valence-corrected chi connectivity index (χ1v) is 4.72. The summed E-state index contributed by atoms with van der Waals surface area (Å²) in [5.74, 6) is -0.469. The summed E-state index contributed by atoms with van der Waals surface area (Å²) in [7, 11) is 0. The fourth-order valence-corrected chi connectivity index (χ4v) is 1.53. The molecule has 0 spiro atoms. The van der Waals surface area contributed by atoms with Crippen LogP contribution in [0.5, 0.6) is 0 Å². The predicted octanol–water partition coefficient (Wildman–Crippen LogP) is 3.12. The Bertz CT molecular complexity index is 500. The lowest BCUT2D eigenvalue weighted by molar-refractivity contribution is 0.626. The zero-order chi connectivity index (χ0) is 10.8. The zero-order valence-corrected chi connectivity index (χ0v) is 8.50. The van der Waals surface area contributed by atoms with Crippen molar-refractivity contribution in [1.82, 2.24) is 4.98 Å². The van der Waals surface area contributed by atoms with Gasteiger partial charge in [-0.25, -0.2) is 4.39 Å². The lowest BCUT2D eigenvalue weighted by atomic mass is 10.1. The molecule has 0 bridgehead atoms. The van der Waals surface area contributed by atoms with Crippen molar-refractivity contribution < 1.29 is 4.39 Å². The number of pyridine rings is 1. The van der Waals surface area contributed by atoms with Crippen molar-refractivity contribution in [2.24, 2.45) is 0 Å². The van der Waals surface area contributed by atoms with Crippen LogP contribution >= 0.6 is 11.6 Å². The maximum Gasteiger partial charge on any atom is 0.151 e. The number of nitrogen functional groups attached to an aromatic ring is 1. The van der Waals surface area contributed by atoms with E-state index in [0.29, 0.717) is 16.3 Å². The average molecular weight is 223 g/mol. The van der Waals surface area contributed by atoms with E-state index in [9.17, 15) is 4.39 Å². The van der Waals surface area contributed by atoms with Gasteiger partial charge in [0.25, 0.3) is 0 Å². The Morgan fingerprint density at radius 1 is 1.27 bits per heavy atom. The van der Waals surface area contributed by atoms with Crippen LogP contribution in [0.15, 0.2) is 36.5 Å². The van der Waals surface area contributed by atoms with Crippen LogP contribution in [0.1, 0.15) is 0 Å². The van der Waals surface area contributed by atoms with E-state index in [0.717, 1.165) is 0 Å². The second-order valence-electron chi connectivity index (χ2n) is 3.08. The van der Waals surface area contributed by atoms with E-state index in [1.54, 1.807) is 24.3 Å². The average Bonchev–Trinajstić information content (AvgIpc) is 2.20. The van der Waals surface area contributed by atoms with Crippen LogP contribution in [0.4, 0.5) is 10.1 Å². The van der Waals surface area contributed by atoms with Crippen molar-refractivity contribution in [3.63, 3.8) is 0 Å². The molecule has 0 aliphatic carbocycles. The lowest BCUT2D eigenvalue weighted by Gasteiger charge is -2.04. The number of hydrogen-bond donors (Lipinski definition) is 1. The van der Waals surface area contributed by atoms with Gasteiger partial charge in [-0.15, -0.1) is 0 Å². The minimum absolute atomic E-state index is 0.217. The molecule has 0 saturated carbocycles.